The van der Waals surface area contributed by atoms with Crippen molar-refractivity contribution < 1.29 is 9.84 Å². The monoisotopic (exact) mass is 277 g/mol. The number of anilines is 1. The molecule has 82 valence electrons. The molecule has 1 fully saturated rings. The van der Waals surface area contributed by atoms with Crippen LogP contribution in [0.3, 0.4) is 0 Å². The Balaban J connectivity index is 2.20. The van der Waals surface area contributed by atoms with Gasteiger partial charge in [0.1, 0.15) is 0 Å². The number of nitrogens with two attached hydrogens (primary N) is 1. The van der Waals surface area contributed by atoms with E-state index in [2.05, 4.69) is 4.98 Å². The van der Waals surface area contributed by atoms with Crippen LogP contribution in [0.4, 0.5) is 5.82 Å². The van der Waals surface area contributed by atoms with Gasteiger partial charge in [0.15, 0.2) is 0 Å². The van der Waals surface area contributed by atoms with E-state index in [9.17, 15) is 4.79 Å². The molecule has 1 aromatic heterocycles. The molecule has 1 aliphatic rings. The molecule has 1 aromatic rings. The number of aromatic nitrogens is 2. The maximum absolute atomic E-state index is 11.5. The SMILES string of the molecule is Nc1ccn(C2C[Se]C(CO)O2)c(=O)n1. The van der Waals surface area contributed by atoms with Crippen molar-refractivity contribution >= 4 is 20.8 Å². The molecule has 1 saturated heterocycles. The summed E-state index contributed by atoms with van der Waals surface area (Å²) in [4.78, 5) is 15.1. The topological polar surface area (TPSA) is 90.4 Å². The normalized spacial score (nSPS) is 25.7. The first-order valence-electron chi connectivity index (χ1n) is 4.43. The molecule has 0 saturated carbocycles. The predicted molar refractivity (Wildman–Crippen MR) is 54.5 cm³/mol. The summed E-state index contributed by atoms with van der Waals surface area (Å²) >= 11 is 0.209. The Morgan fingerprint density at radius 3 is 3.20 bits per heavy atom. The van der Waals surface area contributed by atoms with Crippen LogP contribution in [0.1, 0.15) is 6.23 Å². The Hall–Kier alpha value is -0.881. The number of aliphatic hydroxyl groups excluding tert-OH is 1. The van der Waals surface area contributed by atoms with Gasteiger partial charge in [0.25, 0.3) is 0 Å². The molecule has 7 heteroatoms. The van der Waals surface area contributed by atoms with Crippen molar-refractivity contribution in [1.82, 2.24) is 9.55 Å². The van der Waals surface area contributed by atoms with Gasteiger partial charge in [0.05, 0.1) is 0 Å². The Labute approximate surface area is 92.2 Å². The van der Waals surface area contributed by atoms with Crippen molar-refractivity contribution in [3.63, 3.8) is 0 Å². The molecule has 6 nitrogen and oxygen atoms in total. The zero-order valence-electron chi connectivity index (χ0n) is 7.87. The molecule has 0 aromatic carbocycles. The van der Waals surface area contributed by atoms with Gasteiger partial charge in [0, 0.05) is 0 Å². The summed E-state index contributed by atoms with van der Waals surface area (Å²) in [6, 6.07) is 1.56. The Bertz CT molecular complexity index is 408. The van der Waals surface area contributed by atoms with Crippen molar-refractivity contribution in [2.45, 2.75) is 16.5 Å². The van der Waals surface area contributed by atoms with Crippen LogP contribution in [0.5, 0.6) is 0 Å². The maximum atomic E-state index is 11.5. The molecule has 1 aliphatic heterocycles. The molecular formula is C8H11N3O3Se. The van der Waals surface area contributed by atoms with Crippen LogP contribution in [0.25, 0.3) is 0 Å². The van der Waals surface area contributed by atoms with Crippen molar-refractivity contribution in [1.29, 1.82) is 0 Å². The van der Waals surface area contributed by atoms with Crippen LogP contribution in [0.15, 0.2) is 17.1 Å². The molecule has 0 radical (unpaired) electrons. The van der Waals surface area contributed by atoms with E-state index < -0.39 is 5.69 Å². The van der Waals surface area contributed by atoms with Gasteiger partial charge in [-0.25, -0.2) is 0 Å². The van der Waals surface area contributed by atoms with Crippen LogP contribution in [0, 0.1) is 0 Å². The second-order valence-electron chi connectivity index (χ2n) is 3.08. The second kappa shape index (κ2) is 4.32. The van der Waals surface area contributed by atoms with Crippen molar-refractivity contribution in [3.8, 4) is 0 Å². The second-order valence-corrected chi connectivity index (χ2v) is 5.58. The number of nitrogen functional groups attached to an aromatic ring is 1. The number of nitrogens with zero attached hydrogens (tertiary/aromatic N) is 2. The van der Waals surface area contributed by atoms with Crippen molar-refractivity contribution in [2.24, 2.45) is 0 Å². The van der Waals surface area contributed by atoms with E-state index in [0.29, 0.717) is 0 Å². The van der Waals surface area contributed by atoms with E-state index in [4.69, 9.17) is 15.6 Å². The molecular weight excluding hydrogens is 265 g/mol. The van der Waals surface area contributed by atoms with E-state index in [0.717, 1.165) is 5.32 Å². The average molecular weight is 276 g/mol. The summed E-state index contributed by atoms with van der Waals surface area (Å²) in [7, 11) is 0. The van der Waals surface area contributed by atoms with Crippen LogP contribution >= 0.6 is 0 Å². The molecule has 2 unspecified atom stereocenters. The first-order chi connectivity index (χ1) is 7.20. The van der Waals surface area contributed by atoms with Crippen molar-refractivity contribution in [3.05, 3.63) is 22.7 Å². The molecule has 0 spiro atoms. The molecule has 15 heavy (non-hydrogen) atoms. The number of aliphatic hydroxyl groups is 1. The molecule has 3 N–H and O–H groups in total. The third kappa shape index (κ3) is 2.21. The summed E-state index contributed by atoms with van der Waals surface area (Å²) in [5.41, 5.74) is 4.97. The van der Waals surface area contributed by atoms with E-state index in [1.165, 1.54) is 4.57 Å². The van der Waals surface area contributed by atoms with Crippen molar-refractivity contribution in [2.75, 3.05) is 12.3 Å². The average Bonchev–Trinajstić information content (AvgIpc) is 2.66. The van der Waals surface area contributed by atoms with Gasteiger partial charge in [0.2, 0.25) is 0 Å². The number of hydrogen-bond donors (Lipinski definition) is 2. The van der Waals surface area contributed by atoms with E-state index in [1.54, 1.807) is 12.3 Å². The summed E-state index contributed by atoms with van der Waals surface area (Å²) in [6.45, 7) is 0.00759. The van der Waals surface area contributed by atoms with Crippen LogP contribution < -0.4 is 11.4 Å². The molecule has 2 atom stereocenters. The van der Waals surface area contributed by atoms with Crippen LogP contribution in [-0.2, 0) is 4.74 Å². The number of hydrogen-bond acceptors (Lipinski definition) is 5. The fourth-order valence-corrected chi connectivity index (χ4v) is 3.28. The first-order valence-corrected chi connectivity index (χ1v) is 6.63. The fraction of sp³-hybridized carbons (Fsp3) is 0.500. The third-order valence-corrected chi connectivity index (χ3v) is 4.37. The van der Waals surface area contributed by atoms with Crippen LogP contribution in [0.2, 0.25) is 5.32 Å². The number of ether oxygens (including phenoxy) is 1. The Kier molecular flexibility index (Phi) is 3.06. The fourth-order valence-electron chi connectivity index (χ4n) is 1.33. The zero-order valence-corrected chi connectivity index (χ0v) is 9.58. The Morgan fingerprint density at radius 1 is 1.80 bits per heavy atom. The summed E-state index contributed by atoms with van der Waals surface area (Å²) in [6.07, 6.45) is 1.27. The van der Waals surface area contributed by atoms with Gasteiger partial charge < -0.3 is 0 Å². The van der Waals surface area contributed by atoms with Gasteiger partial charge in [-0.2, -0.15) is 0 Å². The van der Waals surface area contributed by atoms with E-state index in [1.807, 2.05) is 0 Å². The van der Waals surface area contributed by atoms with Crippen LogP contribution in [-0.4, -0.2) is 41.2 Å². The molecule has 0 aliphatic carbocycles. The summed E-state index contributed by atoms with van der Waals surface area (Å²) < 4.78 is 6.89. The zero-order chi connectivity index (χ0) is 10.8. The van der Waals surface area contributed by atoms with Gasteiger partial charge in [-0.1, -0.05) is 0 Å². The van der Waals surface area contributed by atoms with Gasteiger partial charge >= 0.3 is 91.8 Å². The quantitative estimate of drug-likeness (QED) is 0.662. The summed E-state index contributed by atoms with van der Waals surface area (Å²) in [5, 5.41) is 9.56. The molecule has 0 amide bonds. The van der Waals surface area contributed by atoms with E-state index in [-0.39, 0.29) is 38.6 Å². The minimum atomic E-state index is -0.408. The van der Waals surface area contributed by atoms with Gasteiger partial charge in [-0.15, -0.1) is 0 Å². The van der Waals surface area contributed by atoms with Gasteiger partial charge in [-0.05, 0) is 0 Å². The molecule has 0 bridgehead atoms. The van der Waals surface area contributed by atoms with Gasteiger partial charge in [-0.3, -0.25) is 0 Å². The Morgan fingerprint density at radius 2 is 2.60 bits per heavy atom. The predicted octanol–water partition coefficient (Wildman–Crippen LogP) is -1.20. The summed E-state index contributed by atoms with van der Waals surface area (Å²) in [5.74, 6) is 0.207. The van der Waals surface area contributed by atoms with E-state index >= 15 is 0 Å². The molecule has 2 rings (SSSR count). The third-order valence-electron chi connectivity index (χ3n) is 2.04. The number of rotatable bonds is 2. The first kappa shape index (κ1) is 10.6. The standard InChI is InChI=1S/C8H11N3O3Se/c9-5-1-2-11(8(13)10-5)6-4-15-7(3-12)14-6/h1-2,6-7,12H,3-4H2,(H2,9,10,13). The minimum absolute atomic E-state index is 0.00759. The molecule has 2 heterocycles.